The standard InChI is InChI=1S/C18H17BrN2O3/c1-2-7-21-17(20-14-6-4-3-5-11(14)18(21)22)12-8-15-16(9-13(12)19)24-10-23-15/h3-6,8-9,17,20H,2,7,10H2,1H3/t17-/m1/s1. The number of nitrogens with zero attached hydrogens (tertiary/aromatic N) is 1. The zero-order valence-corrected chi connectivity index (χ0v) is 14.8. The number of halogens is 1. The molecule has 24 heavy (non-hydrogen) atoms. The van der Waals surface area contributed by atoms with Crippen LogP contribution in [-0.4, -0.2) is 24.1 Å². The first kappa shape index (κ1) is 15.3. The Morgan fingerprint density at radius 2 is 2.00 bits per heavy atom. The maximum atomic E-state index is 13.0. The number of carbonyl (C=O) groups is 1. The predicted octanol–water partition coefficient (Wildman–Crippen LogP) is 4.15. The van der Waals surface area contributed by atoms with Gasteiger partial charge < -0.3 is 19.7 Å². The fraction of sp³-hybridized carbons (Fsp3) is 0.278. The lowest BCUT2D eigenvalue weighted by atomic mass is 10.0. The van der Waals surface area contributed by atoms with Gasteiger partial charge in [-0.05, 0) is 30.7 Å². The van der Waals surface area contributed by atoms with Crippen molar-refractivity contribution < 1.29 is 14.3 Å². The largest absolute Gasteiger partial charge is 0.454 e. The highest BCUT2D eigenvalue weighted by Crippen LogP contribution is 2.42. The summed E-state index contributed by atoms with van der Waals surface area (Å²) in [4.78, 5) is 14.8. The second-order valence-corrected chi connectivity index (χ2v) is 6.67. The molecule has 2 aliphatic rings. The van der Waals surface area contributed by atoms with Crippen LogP contribution in [0.4, 0.5) is 5.69 Å². The lowest BCUT2D eigenvalue weighted by molar-refractivity contribution is 0.0682. The van der Waals surface area contributed by atoms with Gasteiger partial charge in [0.1, 0.15) is 6.17 Å². The van der Waals surface area contributed by atoms with Gasteiger partial charge in [-0.15, -0.1) is 0 Å². The zero-order valence-electron chi connectivity index (χ0n) is 13.2. The van der Waals surface area contributed by atoms with Gasteiger partial charge in [0.25, 0.3) is 5.91 Å². The van der Waals surface area contributed by atoms with Crippen LogP contribution in [0, 0.1) is 0 Å². The minimum Gasteiger partial charge on any atom is -0.454 e. The maximum Gasteiger partial charge on any atom is 0.257 e. The van der Waals surface area contributed by atoms with Crippen LogP contribution in [0.2, 0.25) is 0 Å². The summed E-state index contributed by atoms with van der Waals surface area (Å²) in [6.07, 6.45) is 0.630. The third-order valence-electron chi connectivity index (χ3n) is 4.27. The van der Waals surface area contributed by atoms with E-state index in [-0.39, 0.29) is 18.9 Å². The molecule has 0 fully saturated rings. The van der Waals surface area contributed by atoms with Gasteiger partial charge in [0.05, 0.1) is 5.56 Å². The number of carbonyl (C=O) groups excluding carboxylic acids is 1. The molecule has 0 saturated carbocycles. The van der Waals surface area contributed by atoms with Gasteiger partial charge in [-0.3, -0.25) is 4.79 Å². The number of ether oxygens (including phenoxy) is 2. The number of amides is 1. The number of benzene rings is 2. The second kappa shape index (κ2) is 6.02. The number of para-hydroxylation sites is 1. The molecule has 0 aliphatic carbocycles. The van der Waals surface area contributed by atoms with Crippen LogP contribution < -0.4 is 14.8 Å². The molecule has 1 N–H and O–H groups in total. The fourth-order valence-corrected chi connectivity index (χ4v) is 3.69. The molecule has 1 atom stereocenters. The van der Waals surface area contributed by atoms with E-state index in [2.05, 4.69) is 28.2 Å². The maximum absolute atomic E-state index is 13.0. The predicted molar refractivity (Wildman–Crippen MR) is 94.4 cm³/mol. The lowest BCUT2D eigenvalue weighted by Crippen LogP contribution is -2.43. The Labute approximate surface area is 148 Å². The van der Waals surface area contributed by atoms with E-state index in [1.165, 1.54) is 0 Å². The molecule has 2 aromatic carbocycles. The SMILES string of the molecule is CCCN1C(=O)c2ccccc2N[C@H]1c1cc2c(cc1Br)OCO2. The van der Waals surface area contributed by atoms with Crippen LogP contribution in [-0.2, 0) is 0 Å². The Balaban J connectivity index is 1.80. The fourth-order valence-electron chi connectivity index (χ4n) is 3.15. The first-order valence-corrected chi connectivity index (χ1v) is 8.74. The van der Waals surface area contributed by atoms with Crippen molar-refractivity contribution >= 4 is 27.5 Å². The van der Waals surface area contributed by atoms with E-state index in [0.29, 0.717) is 17.9 Å². The van der Waals surface area contributed by atoms with Gasteiger partial charge in [0.2, 0.25) is 6.79 Å². The molecule has 0 radical (unpaired) electrons. The van der Waals surface area contributed by atoms with E-state index in [1.54, 1.807) is 0 Å². The molecule has 0 bridgehead atoms. The molecule has 2 heterocycles. The Morgan fingerprint density at radius 1 is 1.25 bits per heavy atom. The third-order valence-corrected chi connectivity index (χ3v) is 4.96. The van der Waals surface area contributed by atoms with E-state index in [4.69, 9.17) is 9.47 Å². The molecular formula is C18H17BrN2O3. The van der Waals surface area contributed by atoms with Gasteiger partial charge in [-0.1, -0.05) is 35.0 Å². The lowest BCUT2D eigenvalue weighted by Gasteiger charge is -2.38. The topological polar surface area (TPSA) is 50.8 Å². The Hall–Kier alpha value is -2.21. The molecule has 1 amide bonds. The van der Waals surface area contributed by atoms with E-state index >= 15 is 0 Å². The van der Waals surface area contributed by atoms with E-state index < -0.39 is 0 Å². The average Bonchev–Trinajstić information content (AvgIpc) is 3.04. The number of hydrogen-bond acceptors (Lipinski definition) is 4. The summed E-state index contributed by atoms with van der Waals surface area (Å²) in [7, 11) is 0. The smallest absolute Gasteiger partial charge is 0.257 e. The summed E-state index contributed by atoms with van der Waals surface area (Å²) in [6, 6.07) is 11.4. The normalized spacial score (nSPS) is 18.3. The zero-order chi connectivity index (χ0) is 16.7. The third kappa shape index (κ3) is 2.41. The van der Waals surface area contributed by atoms with Crippen molar-refractivity contribution in [2.75, 3.05) is 18.7 Å². The van der Waals surface area contributed by atoms with Crippen molar-refractivity contribution in [1.82, 2.24) is 4.90 Å². The minimum absolute atomic E-state index is 0.0424. The molecule has 0 unspecified atom stereocenters. The van der Waals surface area contributed by atoms with Gasteiger partial charge in [-0.2, -0.15) is 0 Å². The molecule has 0 spiro atoms. The van der Waals surface area contributed by atoms with Gasteiger partial charge in [0.15, 0.2) is 11.5 Å². The summed E-state index contributed by atoms with van der Waals surface area (Å²) < 4.78 is 11.8. The van der Waals surface area contributed by atoms with Gasteiger partial charge in [-0.25, -0.2) is 0 Å². The number of fused-ring (bicyclic) bond motifs is 2. The Morgan fingerprint density at radius 3 is 2.79 bits per heavy atom. The molecule has 2 aliphatic heterocycles. The quantitative estimate of drug-likeness (QED) is 0.857. The number of rotatable bonds is 3. The van der Waals surface area contributed by atoms with Crippen LogP contribution in [0.5, 0.6) is 11.5 Å². The molecule has 2 aromatic rings. The summed E-state index contributed by atoms with van der Waals surface area (Å²) in [5.74, 6) is 1.47. The van der Waals surface area contributed by atoms with Gasteiger partial charge in [0, 0.05) is 22.3 Å². The molecular weight excluding hydrogens is 372 g/mol. The number of anilines is 1. The molecule has 6 heteroatoms. The van der Waals surface area contributed by atoms with Crippen molar-refractivity contribution in [3.05, 3.63) is 52.0 Å². The van der Waals surface area contributed by atoms with Crippen molar-refractivity contribution in [2.45, 2.75) is 19.5 Å². The van der Waals surface area contributed by atoms with Crippen molar-refractivity contribution in [2.24, 2.45) is 0 Å². The summed E-state index contributed by atoms with van der Waals surface area (Å²) in [5.41, 5.74) is 2.51. The first-order valence-electron chi connectivity index (χ1n) is 7.94. The highest BCUT2D eigenvalue weighted by atomic mass is 79.9. The van der Waals surface area contributed by atoms with Crippen LogP contribution in [0.1, 0.15) is 35.4 Å². The number of hydrogen-bond donors (Lipinski definition) is 1. The van der Waals surface area contributed by atoms with Crippen molar-refractivity contribution in [1.29, 1.82) is 0 Å². The van der Waals surface area contributed by atoms with Crippen LogP contribution in [0.15, 0.2) is 40.9 Å². The Bertz CT molecular complexity index is 809. The first-order chi connectivity index (χ1) is 11.7. The minimum atomic E-state index is -0.253. The van der Waals surface area contributed by atoms with E-state index in [0.717, 1.165) is 27.9 Å². The average molecular weight is 389 g/mol. The van der Waals surface area contributed by atoms with Crippen LogP contribution in [0.3, 0.4) is 0 Å². The van der Waals surface area contributed by atoms with Gasteiger partial charge >= 0.3 is 0 Å². The van der Waals surface area contributed by atoms with E-state index in [9.17, 15) is 4.79 Å². The van der Waals surface area contributed by atoms with Crippen molar-refractivity contribution in [3.63, 3.8) is 0 Å². The Kier molecular flexibility index (Phi) is 3.84. The summed E-state index contributed by atoms with van der Waals surface area (Å²) in [6.45, 7) is 2.97. The van der Waals surface area contributed by atoms with Crippen LogP contribution >= 0.6 is 15.9 Å². The highest BCUT2D eigenvalue weighted by molar-refractivity contribution is 9.10. The highest BCUT2D eigenvalue weighted by Gasteiger charge is 2.34. The number of nitrogens with one attached hydrogen (secondary N) is 1. The van der Waals surface area contributed by atoms with Crippen LogP contribution in [0.25, 0.3) is 0 Å². The second-order valence-electron chi connectivity index (χ2n) is 5.82. The molecule has 4 rings (SSSR count). The molecule has 124 valence electrons. The molecule has 5 nitrogen and oxygen atoms in total. The molecule has 0 saturated heterocycles. The molecule has 0 aromatic heterocycles. The van der Waals surface area contributed by atoms with E-state index in [1.807, 2.05) is 41.3 Å². The summed E-state index contributed by atoms with van der Waals surface area (Å²) in [5, 5.41) is 3.49. The monoisotopic (exact) mass is 388 g/mol. The summed E-state index contributed by atoms with van der Waals surface area (Å²) >= 11 is 3.61. The van der Waals surface area contributed by atoms with Crippen molar-refractivity contribution in [3.8, 4) is 11.5 Å².